The van der Waals surface area contributed by atoms with Gasteiger partial charge in [-0.1, -0.05) is 46.3 Å². The zero-order valence-corrected chi connectivity index (χ0v) is 17.9. The summed E-state index contributed by atoms with van der Waals surface area (Å²) < 4.78 is 12.0. The number of ether oxygens (including phenoxy) is 2. The monoisotopic (exact) mass is 468 g/mol. The van der Waals surface area contributed by atoms with Crippen LogP contribution in [-0.2, 0) is 0 Å². The first kappa shape index (κ1) is 21.4. The number of amides is 2. The third kappa shape index (κ3) is 6.09. The van der Waals surface area contributed by atoms with E-state index in [1.165, 1.54) is 0 Å². The topological polar surface area (TPSA) is 76.7 Å². The number of para-hydroxylation sites is 1. The van der Waals surface area contributed by atoms with Gasteiger partial charge in [0.1, 0.15) is 24.7 Å². The lowest BCUT2D eigenvalue weighted by Gasteiger charge is -2.11. The second kappa shape index (κ2) is 10.5. The van der Waals surface area contributed by atoms with Gasteiger partial charge in [0.05, 0.1) is 0 Å². The number of hydrogen-bond donors (Lipinski definition) is 2. The van der Waals surface area contributed by atoms with Crippen LogP contribution in [0.1, 0.15) is 26.3 Å². The number of halogens is 1. The van der Waals surface area contributed by atoms with Crippen LogP contribution in [0.5, 0.6) is 11.5 Å². The molecule has 2 amide bonds. The second-order valence-electron chi connectivity index (χ2n) is 6.41. The Morgan fingerprint density at radius 2 is 1.37 bits per heavy atom. The highest BCUT2D eigenvalue weighted by Gasteiger charge is 2.11. The van der Waals surface area contributed by atoms with Gasteiger partial charge in [-0.15, -0.1) is 0 Å². The molecule has 0 aromatic heterocycles. The summed E-state index contributed by atoms with van der Waals surface area (Å²) in [4.78, 5) is 24.6. The quantitative estimate of drug-likeness (QED) is 0.400. The predicted molar refractivity (Wildman–Crippen MR) is 118 cm³/mol. The van der Waals surface area contributed by atoms with Gasteiger partial charge in [-0.05, 0) is 55.0 Å². The Kier molecular flexibility index (Phi) is 7.45. The van der Waals surface area contributed by atoms with E-state index in [0.29, 0.717) is 30.1 Å². The van der Waals surface area contributed by atoms with Gasteiger partial charge in [0.25, 0.3) is 11.8 Å². The molecule has 0 unspecified atom stereocenters. The second-order valence-corrected chi connectivity index (χ2v) is 7.26. The summed E-state index contributed by atoms with van der Waals surface area (Å²) in [6.07, 6.45) is 0. The van der Waals surface area contributed by atoms with Crippen LogP contribution in [0.4, 0.5) is 0 Å². The van der Waals surface area contributed by atoms with Gasteiger partial charge in [0.15, 0.2) is 0 Å². The third-order valence-corrected chi connectivity index (χ3v) is 5.04. The van der Waals surface area contributed by atoms with Crippen molar-refractivity contribution in [3.63, 3.8) is 0 Å². The van der Waals surface area contributed by atoms with E-state index in [2.05, 4.69) is 26.8 Å². The minimum atomic E-state index is -0.444. The Balaban J connectivity index is 1.48. The van der Waals surface area contributed by atoms with Gasteiger partial charge in [-0.25, -0.2) is 0 Å². The van der Waals surface area contributed by atoms with Crippen LogP contribution in [0.2, 0.25) is 0 Å². The number of rotatable bonds is 7. The van der Waals surface area contributed by atoms with Crippen LogP contribution in [-0.4, -0.2) is 25.0 Å². The zero-order valence-electron chi connectivity index (χ0n) is 16.4. The van der Waals surface area contributed by atoms with E-state index >= 15 is 0 Å². The highest BCUT2D eigenvalue weighted by atomic mass is 79.9. The van der Waals surface area contributed by atoms with Crippen molar-refractivity contribution < 1.29 is 19.1 Å². The molecule has 30 heavy (non-hydrogen) atoms. The fourth-order valence-electron chi connectivity index (χ4n) is 2.55. The van der Waals surface area contributed by atoms with E-state index in [-0.39, 0.29) is 0 Å². The third-order valence-electron chi connectivity index (χ3n) is 4.18. The molecule has 0 radical (unpaired) electrons. The van der Waals surface area contributed by atoms with E-state index in [1.807, 2.05) is 43.3 Å². The normalized spacial score (nSPS) is 10.2. The summed E-state index contributed by atoms with van der Waals surface area (Å²) in [5, 5.41) is 0. The average molecular weight is 469 g/mol. The molecule has 0 aliphatic rings. The van der Waals surface area contributed by atoms with E-state index in [1.54, 1.807) is 36.4 Å². The lowest BCUT2D eigenvalue weighted by atomic mass is 10.1. The molecule has 0 saturated heterocycles. The number of aryl methyl sites for hydroxylation is 1. The summed E-state index contributed by atoms with van der Waals surface area (Å²) in [7, 11) is 0. The maximum Gasteiger partial charge on any atom is 0.269 e. The van der Waals surface area contributed by atoms with Crippen molar-refractivity contribution in [1.82, 2.24) is 10.9 Å². The van der Waals surface area contributed by atoms with Crippen LogP contribution in [0.15, 0.2) is 77.3 Å². The minimum absolute atomic E-state index is 0.332. The van der Waals surface area contributed by atoms with Crippen LogP contribution < -0.4 is 20.3 Å². The van der Waals surface area contributed by atoms with Crippen LogP contribution >= 0.6 is 15.9 Å². The molecule has 3 aromatic rings. The van der Waals surface area contributed by atoms with Gasteiger partial charge < -0.3 is 9.47 Å². The van der Waals surface area contributed by atoms with Crippen LogP contribution in [0.25, 0.3) is 0 Å². The van der Waals surface area contributed by atoms with Gasteiger partial charge in [-0.3, -0.25) is 20.4 Å². The van der Waals surface area contributed by atoms with Gasteiger partial charge in [-0.2, -0.15) is 0 Å². The highest BCUT2D eigenvalue weighted by Crippen LogP contribution is 2.17. The smallest absolute Gasteiger partial charge is 0.269 e. The van der Waals surface area contributed by atoms with Gasteiger partial charge >= 0.3 is 0 Å². The molecule has 3 aromatic carbocycles. The Hall–Kier alpha value is -3.32. The van der Waals surface area contributed by atoms with Crippen molar-refractivity contribution in [2.75, 3.05) is 13.2 Å². The fraction of sp³-hybridized carbons (Fsp3) is 0.130. The van der Waals surface area contributed by atoms with E-state index in [0.717, 1.165) is 15.8 Å². The molecule has 0 aliphatic heterocycles. The summed E-state index contributed by atoms with van der Waals surface area (Å²) in [6.45, 7) is 2.64. The Labute approximate surface area is 183 Å². The first-order valence-electron chi connectivity index (χ1n) is 9.30. The average Bonchev–Trinajstić information content (AvgIpc) is 2.77. The number of carbonyl (C=O) groups excluding carboxylic acids is 2. The summed E-state index contributed by atoms with van der Waals surface area (Å²) >= 11 is 3.39. The number of carbonyl (C=O) groups is 2. The van der Waals surface area contributed by atoms with Crippen molar-refractivity contribution in [2.45, 2.75) is 6.92 Å². The van der Waals surface area contributed by atoms with E-state index in [4.69, 9.17) is 9.47 Å². The molecule has 0 atom stereocenters. The SMILES string of the molecule is Cc1ccc(C(=O)NNC(=O)c2cccc(OCCOc3ccccc3)c2)cc1Br. The van der Waals surface area contributed by atoms with Crippen molar-refractivity contribution in [2.24, 2.45) is 0 Å². The molecule has 3 rings (SSSR count). The molecule has 0 fully saturated rings. The molecule has 0 spiro atoms. The Morgan fingerprint density at radius 1 is 0.767 bits per heavy atom. The molecule has 0 heterocycles. The molecule has 154 valence electrons. The van der Waals surface area contributed by atoms with Crippen LogP contribution in [0.3, 0.4) is 0 Å². The highest BCUT2D eigenvalue weighted by molar-refractivity contribution is 9.10. The molecule has 0 bridgehead atoms. The summed E-state index contributed by atoms with van der Waals surface area (Å²) in [5.74, 6) is 0.453. The first-order chi connectivity index (χ1) is 14.5. The molecular weight excluding hydrogens is 448 g/mol. The molecule has 7 heteroatoms. The standard InChI is InChI=1S/C23H21BrN2O4/c1-16-10-11-18(15-21(16)24)23(28)26-25-22(27)17-6-5-9-20(14-17)30-13-12-29-19-7-3-2-4-8-19/h2-11,14-15H,12-13H2,1H3,(H,25,27)(H,26,28). The molecule has 2 N–H and O–H groups in total. The summed E-state index contributed by atoms with van der Waals surface area (Å²) in [6, 6.07) is 21.4. The Bertz CT molecular complexity index is 1020. The lowest BCUT2D eigenvalue weighted by molar-refractivity contribution is 0.0846. The molecular formula is C23H21BrN2O4. The zero-order chi connectivity index (χ0) is 21.3. The van der Waals surface area contributed by atoms with E-state index < -0.39 is 11.8 Å². The van der Waals surface area contributed by atoms with Crippen LogP contribution in [0, 0.1) is 6.92 Å². The summed E-state index contributed by atoms with van der Waals surface area (Å²) in [5.41, 5.74) is 6.64. The first-order valence-corrected chi connectivity index (χ1v) is 10.1. The fourth-order valence-corrected chi connectivity index (χ4v) is 2.93. The van der Waals surface area contributed by atoms with Gasteiger partial charge in [0.2, 0.25) is 0 Å². The number of nitrogens with one attached hydrogen (secondary N) is 2. The van der Waals surface area contributed by atoms with Gasteiger partial charge in [0, 0.05) is 15.6 Å². The van der Waals surface area contributed by atoms with Crippen molar-refractivity contribution in [3.8, 4) is 11.5 Å². The number of hydrogen-bond acceptors (Lipinski definition) is 4. The molecule has 0 saturated carbocycles. The van der Waals surface area contributed by atoms with E-state index in [9.17, 15) is 9.59 Å². The van der Waals surface area contributed by atoms with Crippen molar-refractivity contribution in [1.29, 1.82) is 0 Å². The number of hydrazine groups is 1. The van der Waals surface area contributed by atoms with Crippen molar-refractivity contribution >= 4 is 27.7 Å². The maximum atomic E-state index is 12.4. The maximum absolute atomic E-state index is 12.4. The number of benzene rings is 3. The largest absolute Gasteiger partial charge is 0.490 e. The van der Waals surface area contributed by atoms with Crippen molar-refractivity contribution in [3.05, 3.63) is 94.0 Å². The predicted octanol–water partition coefficient (Wildman–Crippen LogP) is 4.29. The minimum Gasteiger partial charge on any atom is -0.490 e. The Morgan fingerprint density at radius 3 is 2.03 bits per heavy atom. The molecule has 6 nitrogen and oxygen atoms in total. The molecule has 0 aliphatic carbocycles. The lowest BCUT2D eigenvalue weighted by Crippen LogP contribution is -2.41.